The zero-order valence-electron chi connectivity index (χ0n) is 9.33. The molecule has 1 saturated heterocycles. The molecule has 17 heavy (non-hydrogen) atoms. The summed E-state index contributed by atoms with van der Waals surface area (Å²) in [5.41, 5.74) is 4.39. The van der Waals surface area contributed by atoms with E-state index in [0.717, 1.165) is 11.3 Å². The van der Waals surface area contributed by atoms with E-state index in [-0.39, 0.29) is 16.0 Å². The minimum absolute atomic E-state index is 0.0782. The number of aromatic nitrogens is 2. The molecule has 1 unspecified atom stereocenters. The summed E-state index contributed by atoms with van der Waals surface area (Å²) in [4.78, 5) is 0. The number of nitrogens with two attached hydrogens (primary N) is 1. The van der Waals surface area contributed by atoms with Crippen molar-refractivity contribution in [3.05, 3.63) is 0 Å². The SMILES string of the molecule is CC1(O)CCCN(S(=O)(=O)c2nnc(N)s2)C1. The zero-order chi connectivity index (χ0) is 12.7. The molecule has 1 aliphatic rings. The lowest BCUT2D eigenvalue weighted by Crippen LogP contribution is -2.48. The van der Waals surface area contributed by atoms with E-state index in [4.69, 9.17) is 5.73 Å². The highest BCUT2D eigenvalue weighted by Crippen LogP contribution is 2.27. The topological polar surface area (TPSA) is 109 Å². The fourth-order valence-electron chi connectivity index (χ4n) is 1.81. The van der Waals surface area contributed by atoms with Gasteiger partial charge in [-0.25, -0.2) is 8.42 Å². The predicted molar refractivity (Wildman–Crippen MR) is 62.9 cm³/mol. The van der Waals surface area contributed by atoms with Crippen LogP contribution in [-0.2, 0) is 10.0 Å². The maximum Gasteiger partial charge on any atom is 0.272 e. The van der Waals surface area contributed by atoms with Gasteiger partial charge in [-0.15, -0.1) is 10.2 Å². The summed E-state index contributed by atoms with van der Waals surface area (Å²) in [5.74, 6) is 0. The van der Waals surface area contributed by atoms with Crippen LogP contribution in [0.4, 0.5) is 5.13 Å². The highest BCUT2D eigenvalue weighted by Gasteiger charge is 2.37. The second-order valence-electron chi connectivity index (χ2n) is 4.35. The van der Waals surface area contributed by atoms with Gasteiger partial charge in [0, 0.05) is 13.1 Å². The molecule has 0 bridgehead atoms. The van der Waals surface area contributed by atoms with Crippen molar-refractivity contribution in [2.24, 2.45) is 0 Å². The highest BCUT2D eigenvalue weighted by molar-refractivity contribution is 7.91. The zero-order valence-corrected chi connectivity index (χ0v) is 11.0. The number of nitrogen functional groups attached to an aromatic ring is 1. The lowest BCUT2D eigenvalue weighted by atomic mass is 9.97. The van der Waals surface area contributed by atoms with Gasteiger partial charge < -0.3 is 10.8 Å². The third kappa shape index (κ3) is 2.57. The van der Waals surface area contributed by atoms with Crippen molar-refractivity contribution in [2.75, 3.05) is 18.8 Å². The van der Waals surface area contributed by atoms with Crippen molar-refractivity contribution < 1.29 is 13.5 Å². The van der Waals surface area contributed by atoms with E-state index in [1.54, 1.807) is 6.92 Å². The van der Waals surface area contributed by atoms with Crippen molar-refractivity contribution in [1.82, 2.24) is 14.5 Å². The second kappa shape index (κ2) is 4.16. The van der Waals surface area contributed by atoms with Gasteiger partial charge in [0.05, 0.1) is 5.60 Å². The Morgan fingerprint density at radius 3 is 2.76 bits per heavy atom. The molecule has 1 fully saturated rings. The minimum atomic E-state index is -3.67. The van der Waals surface area contributed by atoms with E-state index in [0.29, 0.717) is 19.4 Å². The Bertz CT molecular complexity index is 511. The van der Waals surface area contributed by atoms with Gasteiger partial charge in [0.1, 0.15) is 0 Å². The molecule has 7 nitrogen and oxygen atoms in total. The number of rotatable bonds is 2. The summed E-state index contributed by atoms with van der Waals surface area (Å²) in [6, 6.07) is 0. The molecule has 1 atom stereocenters. The number of sulfonamides is 1. The van der Waals surface area contributed by atoms with Crippen molar-refractivity contribution in [3.63, 3.8) is 0 Å². The summed E-state index contributed by atoms with van der Waals surface area (Å²) < 4.78 is 25.4. The van der Waals surface area contributed by atoms with Gasteiger partial charge in [-0.1, -0.05) is 11.3 Å². The molecular weight excluding hydrogens is 264 g/mol. The first-order valence-electron chi connectivity index (χ1n) is 5.13. The Morgan fingerprint density at radius 1 is 1.53 bits per heavy atom. The standard InChI is InChI=1S/C8H14N4O3S2/c1-8(13)3-2-4-12(5-8)17(14,15)7-11-10-6(9)16-7/h13H,2-5H2,1H3,(H2,9,10). The lowest BCUT2D eigenvalue weighted by molar-refractivity contribution is 0.00939. The molecule has 0 aliphatic carbocycles. The molecular formula is C8H14N4O3S2. The van der Waals surface area contributed by atoms with E-state index >= 15 is 0 Å². The summed E-state index contributed by atoms with van der Waals surface area (Å²) >= 11 is 0.833. The lowest BCUT2D eigenvalue weighted by Gasteiger charge is -2.35. The third-order valence-corrected chi connectivity index (χ3v) is 5.57. The average molecular weight is 278 g/mol. The molecule has 2 rings (SSSR count). The summed E-state index contributed by atoms with van der Waals surface area (Å²) in [6.07, 6.45) is 1.22. The summed E-state index contributed by atoms with van der Waals surface area (Å²) in [7, 11) is -3.67. The van der Waals surface area contributed by atoms with E-state index in [1.165, 1.54) is 4.31 Å². The Kier molecular flexibility index (Phi) is 3.10. The molecule has 1 aliphatic heterocycles. The fourth-order valence-corrected chi connectivity index (χ4v) is 4.33. The molecule has 1 aromatic rings. The van der Waals surface area contributed by atoms with Crippen LogP contribution in [0.1, 0.15) is 19.8 Å². The third-order valence-electron chi connectivity index (χ3n) is 2.62. The number of hydrogen-bond donors (Lipinski definition) is 2. The van der Waals surface area contributed by atoms with Crippen molar-refractivity contribution in [3.8, 4) is 0 Å². The van der Waals surface area contributed by atoms with Crippen molar-refractivity contribution in [1.29, 1.82) is 0 Å². The van der Waals surface area contributed by atoms with Crippen LogP contribution in [-0.4, -0.2) is 46.7 Å². The first-order valence-corrected chi connectivity index (χ1v) is 7.38. The number of hydrogen-bond acceptors (Lipinski definition) is 7. The highest BCUT2D eigenvalue weighted by atomic mass is 32.2. The number of anilines is 1. The Morgan fingerprint density at radius 2 is 2.24 bits per heavy atom. The maximum atomic E-state index is 12.2. The van der Waals surface area contributed by atoms with Crippen LogP contribution in [0, 0.1) is 0 Å². The largest absolute Gasteiger partial charge is 0.389 e. The van der Waals surface area contributed by atoms with Crippen LogP contribution < -0.4 is 5.73 Å². The molecule has 0 spiro atoms. The summed E-state index contributed by atoms with van der Waals surface area (Å²) in [5, 5.41) is 17.0. The molecule has 0 amide bonds. The first-order chi connectivity index (χ1) is 7.81. The number of piperidine rings is 1. The quantitative estimate of drug-likeness (QED) is 0.765. The van der Waals surface area contributed by atoms with Crippen LogP contribution >= 0.6 is 11.3 Å². The second-order valence-corrected chi connectivity index (χ2v) is 7.47. The van der Waals surface area contributed by atoms with Crippen LogP contribution in [0.25, 0.3) is 0 Å². The summed E-state index contributed by atoms with van der Waals surface area (Å²) in [6.45, 7) is 2.09. The molecule has 9 heteroatoms. The first kappa shape index (κ1) is 12.7. The van der Waals surface area contributed by atoms with Crippen molar-refractivity contribution in [2.45, 2.75) is 29.7 Å². The van der Waals surface area contributed by atoms with Crippen LogP contribution in [0.5, 0.6) is 0 Å². The minimum Gasteiger partial charge on any atom is -0.389 e. The number of nitrogens with zero attached hydrogens (tertiary/aromatic N) is 3. The van der Waals surface area contributed by atoms with Crippen molar-refractivity contribution >= 4 is 26.5 Å². The Balaban J connectivity index is 2.27. The van der Waals surface area contributed by atoms with Gasteiger partial charge in [0.2, 0.25) is 9.47 Å². The normalized spacial score (nSPS) is 27.2. The maximum absolute atomic E-state index is 12.2. The number of β-amino-alcohol motifs (C(OH)–C–C–N with tert-alkyl or cyclic N) is 1. The van der Waals surface area contributed by atoms with E-state index < -0.39 is 15.6 Å². The van der Waals surface area contributed by atoms with Gasteiger partial charge in [0.15, 0.2) is 0 Å². The molecule has 96 valence electrons. The van der Waals surface area contributed by atoms with E-state index in [1.807, 2.05) is 0 Å². The molecule has 1 aromatic heterocycles. The van der Waals surface area contributed by atoms with E-state index in [2.05, 4.69) is 10.2 Å². The van der Waals surface area contributed by atoms with E-state index in [9.17, 15) is 13.5 Å². The van der Waals surface area contributed by atoms with Gasteiger partial charge in [0.25, 0.3) is 10.0 Å². The molecule has 0 radical (unpaired) electrons. The molecule has 0 saturated carbocycles. The number of aliphatic hydroxyl groups is 1. The smallest absolute Gasteiger partial charge is 0.272 e. The predicted octanol–water partition coefficient (Wildman–Crippen LogP) is -0.344. The van der Waals surface area contributed by atoms with Gasteiger partial charge in [-0.2, -0.15) is 4.31 Å². The Hall–Kier alpha value is -0.770. The molecule has 0 aromatic carbocycles. The molecule has 3 N–H and O–H groups in total. The van der Waals surface area contributed by atoms with Crippen LogP contribution in [0.3, 0.4) is 0 Å². The van der Waals surface area contributed by atoms with Gasteiger partial charge >= 0.3 is 0 Å². The van der Waals surface area contributed by atoms with Crippen LogP contribution in [0.2, 0.25) is 0 Å². The Labute approximate surface area is 103 Å². The van der Waals surface area contributed by atoms with Gasteiger partial charge in [-0.05, 0) is 19.8 Å². The monoisotopic (exact) mass is 278 g/mol. The van der Waals surface area contributed by atoms with Gasteiger partial charge in [-0.3, -0.25) is 0 Å². The average Bonchev–Trinajstić information content (AvgIpc) is 2.64. The van der Waals surface area contributed by atoms with Crippen LogP contribution in [0.15, 0.2) is 4.34 Å². The molecule has 2 heterocycles. The fraction of sp³-hybridized carbons (Fsp3) is 0.750.